The Morgan fingerprint density at radius 2 is 1.88 bits per heavy atom. The first kappa shape index (κ1) is 22.2. The fourth-order valence-corrected chi connectivity index (χ4v) is 4.02. The zero-order valence-corrected chi connectivity index (χ0v) is 18.6. The van der Waals surface area contributed by atoms with Crippen molar-refractivity contribution < 1.29 is 22.3 Å². The first-order valence-corrected chi connectivity index (χ1v) is 11.4. The Bertz CT molecular complexity index is 1360. The van der Waals surface area contributed by atoms with Crippen LogP contribution in [-0.2, 0) is 10.0 Å². The number of hydrogen-bond donors (Lipinski definition) is 1. The molecule has 0 aliphatic rings. The topological polar surface area (TPSA) is 108 Å². The molecule has 0 saturated carbocycles. The molecular formula is C22H20FN5O4S. The highest BCUT2D eigenvalue weighted by Crippen LogP contribution is 2.26. The number of imidazole rings is 1. The molecule has 2 heterocycles. The normalized spacial score (nSPS) is 11.2. The summed E-state index contributed by atoms with van der Waals surface area (Å²) in [5.41, 5.74) is 0.287. The molecule has 0 unspecified atom stereocenters. The van der Waals surface area contributed by atoms with Gasteiger partial charge in [-0.25, -0.2) is 22.8 Å². The van der Waals surface area contributed by atoms with E-state index in [0.717, 1.165) is 6.07 Å². The lowest BCUT2D eigenvalue weighted by atomic mass is 10.3. The van der Waals surface area contributed by atoms with Gasteiger partial charge in [-0.05, 0) is 56.3 Å². The molecule has 0 saturated heterocycles. The van der Waals surface area contributed by atoms with Gasteiger partial charge in [0.2, 0.25) is 5.88 Å². The lowest BCUT2D eigenvalue weighted by molar-refractivity contribution is 0.321. The summed E-state index contributed by atoms with van der Waals surface area (Å²) < 4.78 is 54.3. The van der Waals surface area contributed by atoms with Gasteiger partial charge in [-0.15, -0.1) is 0 Å². The van der Waals surface area contributed by atoms with Gasteiger partial charge in [-0.1, -0.05) is 0 Å². The molecule has 0 amide bonds. The minimum atomic E-state index is -3.99. The van der Waals surface area contributed by atoms with Crippen LogP contribution in [0.3, 0.4) is 0 Å². The smallest absolute Gasteiger partial charge is 0.262 e. The Labute approximate surface area is 189 Å². The van der Waals surface area contributed by atoms with Crippen molar-refractivity contribution in [2.75, 3.05) is 11.3 Å². The Kier molecular flexibility index (Phi) is 6.22. The maximum atomic E-state index is 14.1. The predicted molar refractivity (Wildman–Crippen MR) is 119 cm³/mol. The number of rotatable bonds is 8. The van der Waals surface area contributed by atoms with Gasteiger partial charge in [0.1, 0.15) is 23.7 Å². The zero-order chi connectivity index (χ0) is 23.4. The fourth-order valence-electron chi connectivity index (χ4n) is 2.95. The van der Waals surface area contributed by atoms with Gasteiger partial charge < -0.3 is 9.47 Å². The van der Waals surface area contributed by atoms with Crippen LogP contribution >= 0.6 is 0 Å². The van der Waals surface area contributed by atoms with E-state index in [1.54, 1.807) is 55.3 Å². The molecule has 0 fully saturated rings. The number of benzene rings is 2. The van der Waals surface area contributed by atoms with Crippen LogP contribution in [0.1, 0.15) is 12.7 Å². The van der Waals surface area contributed by atoms with Gasteiger partial charge in [0.25, 0.3) is 10.0 Å². The van der Waals surface area contributed by atoms with Crippen LogP contribution in [0.15, 0.2) is 72.1 Å². The summed E-state index contributed by atoms with van der Waals surface area (Å²) in [5, 5.41) is 0. The molecule has 2 aromatic carbocycles. The molecule has 2 aromatic heterocycles. The van der Waals surface area contributed by atoms with Crippen molar-refractivity contribution in [3.8, 4) is 23.2 Å². The van der Waals surface area contributed by atoms with Crippen molar-refractivity contribution in [3.05, 3.63) is 78.9 Å². The Balaban J connectivity index is 1.48. The minimum absolute atomic E-state index is 0.00546. The highest BCUT2D eigenvalue weighted by atomic mass is 32.2. The van der Waals surface area contributed by atoms with Crippen molar-refractivity contribution in [3.63, 3.8) is 0 Å². The first-order valence-electron chi connectivity index (χ1n) is 9.91. The maximum absolute atomic E-state index is 14.1. The summed E-state index contributed by atoms with van der Waals surface area (Å²) in [6.07, 6.45) is 5.00. The van der Waals surface area contributed by atoms with Gasteiger partial charge in [0.15, 0.2) is 11.6 Å². The zero-order valence-electron chi connectivity index (χ0n) is 17.8. The summed E-state index contributed by atoms with van der Waals surface area (Å²) in [6, 6.07) is 11.4. The predicted octanol–water partition coefficient (Wildman–Crippen LogP) is 4.10. The molecule has 4 rings (SSSR count). The van der Waals surface area contributed by atoms with Crippen LogP contribution in [-0.4, -0.2) is 34.5 Å². The number of aromatic nitrogens is 4. The van der Waals surface area contributed by atoms with E-state index in [0.29, 0.717) is 23.3 Å². The number of anilines is 1. The molecule has 0 aliphatic heterocycles. The molecular weight excluding hydrogens is 449 g/mol. The third-order valence-electron chi connectivity index (χ3n) is 4.41. The first-order chi connectivity index (χ1) is 15.8. The Morgan fingerprint density at radius 1 is 1.09 bits per heavy atom. The van der Waals surface area contributed by atoms with Crippen LogP contribution in [0.2, 0.25) is 0 Å². The van der Waals surface area contributed by atoms with E-state index >= 15 is 0 Å². The van der Waals surface area contributed by atoms with E-state index in [9.17, 15) is 12.8 Å². The van der Waals surface area contributed by atoms with E-state index in [4.69, 9.17) is 9.47 Å². The van der Waals surface area contributed by atoms with Crippen molar-refractivity contribution >= 4 is 15.7 Å². The average molecular weight is 469 g/mol. The monoisotopic (exact) mass is 469 g/mol. The highest BCUT2D eigenvalue weighted by Gasteiger charge is 2.17. The summed E-state index contributed by atoms with van der Waals surface area (Å²) in [4.78, 5) is 12.4. The van der Waals surface area contributed by atoms with Crippen molar-refractivity contribution in [1.82, 2.24) is 19.5 Å². The number of hydrogen-bond acceptors (Lipinski definition) is 7. The number of nitrogens with one attached hydrogen (secondary N) is 1. The molecule has 11 heteroatoms. The van der Waals surface area contributed by atoms with E-state index in [-0.39, 0.29) is 22.9 Å². The maximum Gasteiger partial charge on any atom is 0.262 e. The Morgan fingerprint density at radius 3 is 2.55 bits per heavy atom. The number of nitrogens with zero attached hydrogens (tertiary/aromatic N) is 4. The van der Waals surface area contributed by atoms with Crippen LogP contribution in [0.5, 0.6) is 17.4 Å². The quantitative estimate of drug-likeness (QED) is 0.414. The molecule has 9 nitrogen and oxygen atoms in total. The number of ether oxygens (including phenoxy) is 2. The molecule has 0 bridgehead atoms. The highest BCUT2D eigenvalue weighted by molar-refractivity contribution is 7.92. The van der Waals surface area contributed by atoms with Gasteiger partial charge in [0.05, 0.1) is 11.5 Å². The summed E-state index contributed by atoms with van der Waals surface area (Å²) in [6.45, 7) is 3.73. The lowest BCUT2D eigenvalue weighted by Gasteiger charge is -2.11. The Hall–Kier alpha value is -3.99. The molecule has 1 N–H and O–H groups in total. The number of halogens is 1. The second-order valence-electron chi connectivity index (χ2n) is 6.84. The van der Waals surface area contributed by atoms with Crippen molar-refractivity contribution in [2.45, 2.75) is 18.7 Å². The van der Waals surface area contributed by atoms with Crippen LogP contribution < -0.4 is 14.2 Å². The van der Waals surface area contributed by atoms with Gasteiger partial charge >= 0.3 is 0 Å². The van der Waals surface area contributed by atoms with Crippen LogP contribution in [0.25, 0.3) is 5.82 Å². The third kappa shape index (κ3) is 5.26. The van der Waals surface area contributed by atoms with Gasteiger partial charge in [-0.2, -0.15) is 4.98 Å². The van der Waals surface area contributed by atoms with E-state index in [1.807, 2.05) is 0 Å². The average Bonchev–Trinajstić information content (AvgIpc) is 3.31. The molecule has 4 aromatic rings. The van der Waals surface area contributed by atoms with Gasteiger partial charge in [-0.3, -0.25) is 9.29 Å². The van der Waals surface area contributed by atoms with Crippen LogP contribution in [0, 0.1) is 12.7 Å². The number of sulfonamides is 1. The molecule has 0 atom stereocenters. The van der Waals surface area contributed by atoms with E-state index in [1.165, 1.54) is 24.3 Å². The fraction of sp³-hybridized carbons (Fsp3) is 0.136. The lowest BCUT2D eigenvalue weighted by Crippen LogP contribution is -2.13. The second kappa shape index (κ2) is 9.25. The second-order valence-corrected chi connectivity index (χ2v) is 8.52. The van der Waals surface area contributed by atoms with Crippen molar-refractivity contribution in [1.29, 1.82) is 0 Å². The third-order valence-corrected chi connectivity index (χ3v) is 5.79. The minimum Gasteiger partial charge on any atom is -0.491 e. The summed E-state index contributed by atoms with van der Waals surface area (Å²) in [7, 11) is -3.99. The standard InChI is InChI=1S/C22H20FN5O4S/c1-3-31-20-9-8-18(12-19(20)23)33(29,30)27-16-4-6-17(7-5-16)32-22-13-21(25-15(2)26-22)28-11-10-24-14-28/h4-14,27H,3H2,1-2H3. The number of aryl methyl sites for hydroxylation is 1. The SMILES string of the molecule is CCOc1ccc(S(=O)(=O)Nc2ccc(Oc3cc(-n4ccnc4)nc(C)n3)cc2)cc1F. The van der Waals surface area contributed by atoms with E-state index < -0.39 is 15.8 Å². The molecule has 170 valence electrons. The van der Waals surface area contributed by atoms with Crippen LogP contribution in [0.4, 0.5) is 10.1 Å². The molecule has 0 spiro atoms. The molecule has 33 heavy (non-hydrogen) atoms. The van der Waals surface area contributed by atoms with Crippen molar-refractivity contribution in [2.24, 2.45) is 0 Å². The molecule has 0 aliphatic carbocycles. The molecule has 0 radical (unpaired) electrons. The largest absolute Gasteiger partial charge is 0.491 e. The van der Waals surface area contributed by atoms with Gasteiger partial charge in [0, 0.05) is 24.1 Å². The summed E-state index contributed by atoms with van der Waals surface area (Å²) >= 11 is 0. The summed E-state index contributed by atoms with van der Waals surface area (Å²) in [5.74, 6) is 1.13. The van der Waals surface area contributed by atoms with E-state index in [2.05, 4.69) is 19.7 Å².